The van der Waals surface area contributed by atoms with Crippen LogP contribution in [0.3, 0.4) is 0 Å². The number of ether oxygens (including phenoxy) is 1. The Morgan fingerprint density at radius 3 is 2.67 bits per heavy atom. The summed E-state index contributed by atoms with van der Waals surface area (Å²) in [5.74, 6) is 0.614. The number of nitriles is 1. The van der Waals surface area contributed by atoms with Crippen LogP contribution in [-0.2, 0) is 0 Å². The summed E-state index contributed by atoms with van der Waals surface area (Å²) in [7, 11) is 0. The number of halogens is 1. The summed E-state index contributed by atoms with van der Waals surface area (Å²) in [5.41, 5.74) is 6.59. The van der Waals surface area contributed by atoms with Crippen LogP contribution in [0.1, 0.15) is 25.5 Å². The second kappa shape index (κ2) is 5.01. The average Bonchev–Trinajstić information content (AvgIpc) is 2.20. The molecule has 0 aliphatic rings. The first kappa shape index (κ1) is 11.8. The molecule has 1 aromatic carbocycles. The molecule has 2 unspecified atom stereocenters. The van der Waals surface area contributed by atoms with E-state index >= 15 is 0 Å². The molecule has 0 spiro atoms. The molecule has 0 aliphatic carbocycles. The summed E-state index contributed by atoms with van der Waals surface area (Å²) in [4.78, 5) is 0. The highest BCUT2D eigenvalue weighted by molar-refractivity contribution is 6.30. The second-order valence-electron chi connectivity index (χ2n) is 3.36. The van der Waals surface area contributed by atoms with Gasteiger partial charge < -0.3 is 10.5 Å². The Hall–Kier alpha value is -1.24. The molecule has 0 radical (unpaired) electrons. The normalized spacial score (nSPS) is 14.1. The van der Waals surface area contributed by atoms with E-state index in [9.17, 15) is 0 Å². The smallest absolute Gasteiger partial charge is 0.181 e. The van der Waals surface area contributed by atoms with E-state index in [2.05, 4.69) is 0 Å². The van der Waals surface area contributed by atoms with Gasteiger partial charge in [0.25, 0.3) is 0 Å². The molecule has 0 saturated heterocycles. The molecular weight excluding hydrogens is 212 g/mol. The van der Waals surface area contributed by atoms with Gasteiger partial charge in [-0.1, -0.05) is 11.6 Å². The first-order chi connectivity index (χ1) is 7.04. The van der Waals surface area contributed by atoms with Gasteiger partial charge in [-0.15, -0.1) is 0 Å². The Labute approximate surface area is 94.4 Å². The lowest BCUT2D eigenvalue weighted by Crippen LogP contribution is -2.13. The molecule has 4 heteroatoms. The summed E-state index contributed by atoms with van der Waals surface area (Å²) in [6.45, 7) is 3.52. The van der Waals surface area contributed by atoms with Crippen LogP contribution in [0.4, 0.5) is 0 Å². The van der Waals surface area contributed by atoms with Crippen molar-refractivity contribution in [2.75, 3.05) is 0 Å². The SMILES string of the molecule is CC(C#N)Oc1ccc(Cl)cc1C(C)N. The quantitative estimate of drug-likeness (QED) is 0.859. The number of hydrogen-bond donors (Lipinski definition) is 1. The minimum absolute atomic E-state index is 0.176. The molecule has 2 atom stereocenters. The van der Waals surface area contributed by atoms with Crippen molar-refractivity contribution in [2.45, 2.75) is 26.0 Å². The van der Waals surface area contributed by atoms with Crippen molar-refractivity contribution in [1.29, 1.82) is 5.26 Å². The maximum atomic E-state index is 8.65. The van der Waals surface area contributed by atoms with Crippen LogP contribution in [0.25, 0.3) is 0 Å². The van der Waals surface area contributed by atoms with E-state index < -0.39 is 6.10 Å². The van der Waals surface area contributed by atoms with Gasteiger partial charge in [0.1, 0.15) is 11.8 Å². The molecule has 1 rings (SSSR count). The summed E-state index contributed by atoms with van der Waals surface area (Å²) in [6, 6.07) is 7.02. The second-order valence-corrected chi connectivity index (χ2v) is 3.80. The monoisotopic (exact) mass is 224 g/mol. The lowest BCUT2D eigenvalue weighted by Gasteiger charge is -2.15. The van der Waals surface area contributed by atoms with Crippen molar-refractivity contribution in [3.05, 3.63) is 28.8 Å². The zero-order chi connectivity index (χ0) is 11.4. The van der Waals surface area contributed by atoms with E-state index in [-0.39, 0.29) is 6.04 Å². The van der Waals surface area contributed by atoms with Gasteiger partial charge in [-0.05, 0) is 32.0 Å². The molecule has 80 valence electrons. The van der Waals surface area contributed by atoms with Crippen molar-refractivity contribution in [3.63, 3.8) is 0 Å². The van der Waals surface area contributed by atoms with Crippen molar-refractivity contribution < 1.29 is 4.74 Å². The molecule has 0 saturated carbocycles. The Morgan fingerprint density at radius 1 is 1.47 bits per heavy atom. The maximum Gasteiger partial charge on any atom is 0.181 e. The Balaban J connectivity index is 3.02. The molecule has 2 N–H and O–H groups in total. The fourth-order valence-corrected chi connectivity index (χ4v) is 1.38. The first-order valence-electron chi connectivity index (χ1n) is 4.66. The molecule has 1 aromatic rings. The van der Waals surface area contributed by atoms with Gasteiger partial charge in [-0.2, -0.15) is 5.26 Å². The van der Waals surface area contributed by atoms with Crippen molar-refractivity contribution in [3.8, 4) is 11.8 Å². The average molecular weight is 225 g/mol. The van der Waals surface area contributed by atoms with E-state index in [4.69, 9.17) is 27.3 Å². The number of nitrogens with two attached hydrogens (primary N) is 1. The van der Waals surface area contributed by atoms with Gasteiger partial charge in [-0.3, -0.25) is 0 Å². The van der Waals surface area contributed by atoms with E-state index in [1.54, 1.807) is 25.1 Å². The highest BCUT2D eigenvalue weighted by Crippen LogP contribution is 2.27. The fourth-order valence-electron chi connectivity index (χ4n) is 1.20. The molecule has 15 heavy (non-hydrogen) atoms. The number of hydrogen-bond acceptors (Lipinski definition) is 3. The van der Waals surface area contributed by atoms with Gasteiger partial charge >= 0.3 is 0 Å². The molecular formula is C11H13ClN2O. The molecule has 0 bridgehead atoms. The third-order valence-electron chi connectivity index (χ3n) is 1.95. The topological polar surface area (TPSA) is 59.0 Å². The predicted octanol–water partition coefficient (Wildman–Crippen LogP) is 2.65. The summed E-state index contributed by atoms with van der Waals surface area (Å²) >= 11 is 5.86. The number of rotatable bonds is 3. The lowest BCUT2D eigenvalue weighted by atomic mass is 10.1. The molecule has 0 amide bonds. The van der Waals surface area contributed by atoms with E-state index in [1.165, 1.54) is 0 Å². The van der Waals surface area contributed by atoms with Gasteiger partial charge in [0.2, 0.25) is 0 Å². The standard InChI is InChI=1S/C11H13ClN2O/c1-7(6-13)15-11-4-3-9(12)5-10(11)8(2)14/h3-5,7-8H,14H2,1-2H3. The third kappa shape index (κ3) is 3.12. The van der Waals surface area contributed by atoms with Crippen LogP contribution in [0.5, 0.6) is 5.75 Å². The number of nitrogens with zero attached hydrogens (tertiary/aromatic N) is 1. The largest absolute Gasteiger partial charge is 0.476 e. The van der Waals surface area contributed by atoms with Gasteiger partial charge in [0, 0.05) is 16.6 Å². The van der Waals surface area contributed by atoms with E-state index in [0.29, 0.717) is 10.8 Å². The highest BCUT2D eigenvalue weighted by atomic mass is 35.5. The summed E-state index contributed by atoms with van der Waals surface area (Å²) in [6.07, 6.45) is -0.497. The van der Waals surface area contributed by atoms with Crippen LogP contribution < -0.4 is 10.5 Å². The molecule has 0 aliphatic heterocycles. The third-order valence-corrected chi connectivity index (χ3v) is 2.18. The summed E-state index contributed by atoms with van der Waals surface area (Å²) in [5, 5.41) is 9.26. The van der Waals surface area contributed by atoms with E-state index in [0.717, 1.165) is 5.56 Å². The first-order valence-corrected chi connectivity index (χ1v) is 5.03. The van der Waals surface area contributed by atoms with Crippen molar-refractivity contribution in [2.24, 2.45) is 5.73 Å². The van der Waals surface area contributed by atoms with Crippen LogP contribution in [0.15, 0.2) is 18.2 Å². The maximum absolute atomic E-state index is 8.65. The predicted molar refractivity (Wildman–Crippen MR) is 59.8 cm³/mol. The van der Waals surface area contributed by atoms with Crippen LogP contribution >= 0.6 is 11.6 Å². The highest BCUT2D eigenvalue weighted by Gasteiger charge is 2.11. The molecule has 0 aromatic heterocycles. The Bertz CT molecular complexity index is 385. The molecule has 0 fully saturated rings. The van der Waals surface area contributed by atoms with Gasteiger partial charge in [0.15, 0.2) is 6.10 Å². The van der Waals surface area contributed by atoms with Gasteiger partial charge in [0.05, 0.1) is 0 Å². The van der Waals surface area contributed by atoms with Crippen molar-refractivity contribution in [1.82, 2.24) is 0 Å². The summed E-state index contributed by atoms with van der Waals surface area (Å²) < 4.78 is 5.41. The minimum atomic E-state index is -0.497. The van der Waals surface area contributed by atoms with Crippen LogP contribution in [0.2, 0.25) is 5.02 Å². The Kier molecular flexibility index (Phi) is 3.96. The van der Waals surface area contributed by atoms with Crippen molar-refractivity contribution >= 4 is 11.6 Å². The van der Waals surface area contributed by atoms with E-state index in [1.807, 2.05) is 13.0 Å². The van der Waals surface area contributed by atoms with Crippen LogP contribution in [0, 0.1) is 11.3 Å². The minimum Gasteiger partial charge on any atom is -0.476 e. The van der Waals surface area contributed by atoms with Gasteiger partial charge in [-0.25, -0.2) is 0 Å². The zero-order valence-electron chi connectivity index (χ0n) is 8.70. The molecule has 0 heterocycles. The fraction of sp³-hybridized carbons (Fsp3) is 0.364. The zero-order valence-corrected chi connectivity index (χ0v) is 9.45. The Morgan fingerprint density at radius 2 is 2.13 bits per heavy atom. The number of benzene rings is 1. The molecule has 3 nitrogen and oxygen atoms in total. The lowest BCUT2D eigenvalue weighted by molar-refractivity contribution is 0.272. The van der Waals surface area contributed by atoms with Crippen LogP contribution in [-0.4, -0.2) is 6.10 Å².